The van der Waals surface area contributed by atoms with Gasteiger partial charge in [-0.3, -0.25) is 4.79 Å². The van der Waals surface area contributed by atoms with Crippen molar-refractivity contribution in [2.45, 2.75) is 105 Å². The Balaban J connectivity index is 1.59. The summed E-state index contributed by atoms with van der Waals surface area (Å²) in [5.41, 5.74) is 0.727. The van der Waals surface area contributed by atoms with E-state index in [-0.39, 0.29) is 46.0 Å². The summed E-state index contributed by atoms with van der Waals surface area (Å²) in [6.07, 6.45) is 8.28. The van der Waals surface area contributed by atoms with Crippen molar-refractivity contribution in [3.63, 3.8) is 0 Å². The Hall–Kier alpha value is -0.910. The highest BCUT2D eigenvalue weighted by Gasteiger charge is 2.69. The second-order valence-electron chi connectivity index (χ2n) is 15.0. The topological polar surface area (TPSA) is 98.0 Å². The van der Waals surface area contributed by atoms with Gasteiger partial charge in [0.15, 0.2) is 0 Å². The predicted octanol–water partition coefficient (Wildman–Crippen LogP) is 5.03. The van der Waals surface area contributed by atoms with Crippen LogP contribution in [0.5, 0.6) is 0 Å². The van der Waals surface area contributed by atoms with E-state index in [1.54, 1.807) is 0 Å². The van der Waals surface area contributed by atoms with Gasteiger partial charge >= 0.3 is 5.97 Å². The number of aliphatic carboxylic acids is 1. The van der Waals surface area contributed by atoms with E-state index in [0.717, 1.165) is 38.5 Å². The van der Waals surface area contributed by atoms with Crippen LogP contribution in [-0.4, -0.2) is 45.2 Å². The van der Waals surface area contributed by atoms with Crippen LogP contribution in [0.3, 0.4) is 0 Å². The molecule has 0 heterocycles. The van der Waals surface area contributed by atoms with Gasteiger partial charge in [0.1, 0.15) is 0 Å². The van der Waals surface area contributed by atoms with Crippen molar-refractivity contribution in [2.75, 3.05) is 6.61 Å². The van der Waals surface area contributed by atoms with Crippen molar-refractivity contribution in [2.24, 2.45) is 56.7 Å². The van der Waals surface area contributed by atoms with Gasteiger partial charge in [-0.15, -0.1) is 0 Å². The number of carbonyl (C=O) groups is 1. The molecule has 4 N–H and O–H groups in total. The summed E-state index contributed by atoms with van der Waals surface area (Å²) in [6, 6.07) is 0. The number of aliphatic hydroxyl groups excluding tert-OH is 3. The molecule has 0 amide bonds. The molecule has 0 aromatic rings. The van der Waals surface area contributed by atoms with Gasteiger partial charge in [0, 0.05) is 11.3 Å². The van der Waals surface area contributed by atoms with Gasteiger partial charge < -0.3 is 20.4 Å². The molecule has 198 valence electrons. The minimum Gasteiger partial charge on any atom is -0.481 e. The van der Waals surface area contributed by atoms with Crippen LogP contribution in [0.2, 0.25) is 0 Å². The largest absolute Gasteiger partial charge is 0.481 e. The number of allylic oxidation sites excluding steroid dienone is 2. The molecule has 4 fully saturated rings. The fraction of sp³-hybridized carbons (Fsp3) is 0.900. The zero-order chi connectivity index (χ0) is 25.8. The van der Waals surface area contributed by atoms with Crippen LogP contribution in [0.15, 0.2) is 11.6 Å². The number of hydrogen-bond acceptors (Lipinski definition) is 4. The number of fused-ring (bicyclic) bond motifs is 7. The second kappa shape index (κ2) is 7.80. The van der Waals surface area contributed by atoms with E-state index >= 15 is 0 Å². The third-order valence-corrected chi connectivity index (χ3v) is 12.9. The normalized spacial score (nSPS) is 55.0. The molecule has 0 aromatic heterocycles. The molecule has 11 atom stereocenters. The molecular formula is C30H48O5. The average Bonchev–Trinajstić information content (AvgIpc) is 2.76. The summed E-state index contributed by atoms with van der Waals surface area (Å²) in [5.74, 6) is -0.647. The Morgan fingerprint density at radius 2 is 1.66 bits per heavy atom. The number of aliphatic hydroxyl groups is 3. The molecule has 4 saturated carbocycles. The van der Waals surface area contributed by atoms with E-state index in [0.29, 0.717) is 18.8 Å². The monoisotopic (exact) mass is 488 g/mol. The Bertz CT molecular complexity index is 926. The highest BCUT2D eigenvalue weighted by Crippen LogP contribution is 2.74. The zero-order valence-corrected chi connectivity index (χ0v) is 22.7. The molecule has 5 rings (SSSR count). The van der Waals surface area contributed by atoms with Gasteiger partial charge in [0.25, 0.3) is 0 Å². The first-order valence-electron chi connectivity index (χ1n) is 14.0. The molecule has 5 aliphatic rings. The molecule has 0 aliphatic heterocycles. The first kappa shape index (κ1) is 25.7. The zero-order valence-electron chi connectivity index (χ0n) is 22.7. The maximum atomic E-state index is 12.3. The van der Waals surface area contributed by atoms with Crippen molar-refractivity contribution in [1.29, 1.82) is 0 Å². The smallest absolute Gasteiger partial charge is 0.306 e. The lowest BCUT2D eigenvalue weighted by atomic mass is 9.34. The molecule has 5 aliphatic carbocycles. The molecular weight excluding hydrogens is 440 g/mol. The highest BCUT2D eigenvalue weighted by molar-refractivity contribution is 5.71. The molecule has 5 heteroatoms. The molecule has 0 bridgehead atoms. The van der Waals surface area contributed by atoms with Crippen LogP contribution in [0.25, 0.3) is 0 Å². The average molecular weight is 489 g/mol. The first-order valence-corrected chi connectivity index (χ1v) is 14.0. The minimum atomic E-state index is -0.756. The van der Waals surface area contributed by atoms with Gasteiger partial charge in [-0.05, 0) is 90.8 Å². The molecule has 5 nitrogen and oxygen atoms in total. The van der Waals surface area contributed by atoms with E-state index in [2.05, 4.69) is 47.6 Å². The molecule has 35 heavy (non-hydrogen) atoms. The van der Waals surface area contributed by atoms with E-state index in [9.17, 15) is 25.2 Å². The Morgan fingerprint density at radius 1 is 0.971 bits per heavy atom. The predicted molar refractivity (Wildman–Crippen MR) is 135 cm³/mol. The minimum absolute atomic E-state index is 0.00669. The molecule has 0 aromatic carbocycles. The summed E-state index contributed by atoms with van der Waals surface area (Å²) < 4.78 is 0. The van der Waals surface area contributed by atoms with Crippen LogP contribution in [0.1, 0.15) is 92.9 Å². The van der Waals surface area contributed by atoms with Gasteiger partial charge in [-0.2, -0.15) is 0 Å². The molecule has 6 unspecified atom stereocenters. The van der Waals surface area contributed by atoms with Gasteiger partial charge in [-0.25, -0.2) is 0 Å². The summed E-state index contributed by atoms with van der Waals surface area (Å²) in [4.78, 5) is 12.3. The van der Waals surface area contributed by atoms with Crippen LogP contribution in [0, 0.1) is 56.7 Å². The van der Waals surface area contributed by atoms with Gasteiger partial charge in [0.2, 0.25) is 0 Å². The van der Waals surface area contributed by atoms with Crippen molar-refractivity contribution < 1.29 is 25.2 Å². The Morgan fingerprint density at radius 3 is 2.29 bits per heavy atom. The van der Waals surface area contributed by atoms with Crippen LogP contribution >= 0.6 is 0 Å². The summed E-state index contributed by atoms with van der Waals surface area (Å²) >= 11 is 0. The van der Waals surface area contributed by atoms with E-state index in [1.807, 2.05) is 0 Å². The number of rotatable bonds is 2. The van der Waals surface area contributed by atoms with Crippen LogP contribution in [0.4, 0.5) is 0 Å². The lowest BCUT2D eigenvalue weighted by Crippen LogP contribution is -2.66. The van der Waals surface area contributed by atoms with Crippen molar-refractivity contribution in [3.8, 4) is 0 Å². The lowest BCUT2D eigenvalue weighted by Gasteiger charge is -2.71. The molecule has 0 radical (unpaired) electrons. The SMILES string of the molecule is CC1(C)CC(C(=O)O)C2C(O)C[C@]3(C)C(=CCC4[C@@]5(C)CC[C@H](O)[C@@](C)(CO)C5CC[C@]43C)C2C1. The highest BCUT2D eigenvalue weighted by atomic mass is 16.4. The maximum Gasteiger partial charge on any atom is 0.306 e. The van der Waals surface area contributed by atoms with Crippen molar-refractivity contribution in [3.05, 3.63) is 11.6 Å². The number of carboxylic acids is 1. The third kappa shape index (κ3) is 3.26. The van der Waals surface area contributed by atoms with Crippen LogP contribution < -0.4 is 0 Å². The van der Waals surface area contributed by atoms with E-state index in [4.69, 9.17) is 0 Å². The maximum absolute atomic E-state index is 12.3. The fourth-order valence-electron chi connectivity index (χ4n) is 11.0. The molecule has 0 spiro atoms. The third-order valence-electron chi connectivity index (χ3n) is 12.9. The van der Waals surface area contributed by atoms with Crippen molar-refractivity contribution in [1.82, 2.24) is 0 Å². The summed E-state index contributed by atoms with van der Waals surface area (Å²) in [6.45, 7) is 13.7. The van der Waals surface area contributed by atoms with Gasteiger partial charge in [-0.1, -0.05) is 53.2 Å². The first-order chi connectivity index (χ1) is 16.1. The molecule has 0 saturated heterocycles. The fourth-order valence-corrected chi connectivity index (χ4v) is 11.0. The standard InChI is InChI=1S/C30H48O5/c1-26(2)13-17-19-7-8-22-27(3)11-10-23(33)28(4,16-31)21(27)9-12-29(22,5)30(19,6)15-20(32)24(17)18(14-26)25(34)35/h7,17-18,20-24,31-33H,8-16H2,1-6H3,(H,34,35)/t17?,18?,20?,21?,22?,23-,24?,27-,28-,29+,30+/m0/s1. The lowest BCUT2D eigenvalue weighted by molar-refractivity contribution is -0.220. The summed E-state index contributed by atoms with van der Waals surface area (Å²) in [5, 5.41) is 43.0. The Kier molecular flexibility index (Phi) is 5.73. The summed E-state index contributed by atoms with van der Waals surface area (Å²) in [7, 11) is 0. The number of hydrogen-bond donors (Lipinski definition) is 4. The van der Waals surface area contributed by atoms with Crippen molar-refractivity contribution >= 4 is 5.97 Å². The van der Waals surface area contributed by atoms with Gasteiger partial charge in [0.05, 0.1) is 24.7 Å². The van der Waals surface area contributed by atoms with E-state index < -0.39 is 29.5 Å². The number of carboxylic acid groups (broad SMARTS) is 1. The quantitative estimate of drug-likeness (QED) is 0.409. The second-order valence-corrected chi connectivity index (χ2v) is 15.0. The van der Waals surface area contributed by atoms with E-state index in [1.165, 1.54) is 5.57 Å². The van der Waals surface area contributed by atoms with Crippen LogP contribution in [-0.2, 0) is 4.79 Å². The Labute approximate surface area is 211 Å².